The molecule has 0 amide bonds. The largest absolute Gasteiger partial charge is 0.508 e. The maximum absolute atomic E-state index is 12.1. The van der Waals surface area contributed by atoms with Gasteiger partial charge in [-0.2, -0.15) is 0 Å². The number of hydrogen-bond donors (Lipinski definition) is 1. The van der Waals surface area contributed by atoms with Crippen molar-refractivity contribution in [1.29, 1.82) is 0 Å². The van der Waals surface area contributed by atoms with E-state index in [9.17, 15) is 9.90 Å². The molecule has 4 heteroatoms. The highest BCUT2D eigenvalue weighted by molar-refractivity contribution is 9.10. The van der Waals surface area contributed by atoms with Crippen LogP contribution in [0.25, 0.3) is 6.08 Å². The van der Waals surface area contributed by atoms with Gasteiger partial charge in [0, 0.05) is 15.6 Å². The second-order valence-electron chi connectivity index (χ2n) is 4.78. The Bertz CT molecular complexity index is 692. The van der Waals surface area contributed by atoms with Gasteiger partial charge in [-0.1, -0.05) is 35.0 Å². The van der Waals surface area contributed by atoms with E-state index in [0.717, 1.165) is 22.2 Å². The summed E-state index contributed by atoms with van der Waals surface area (Å²) in [5, 5.41) is 9.42. The molecule has 0 aliphatic carbocycles. The minimum Gasteiger partial charge on any atom is -0.508 e. The fraction of sp³-hybridized carbons (Fsp3) is 0.167. The Morgan fingerprint density at radius 2 is 2.09 bits per heavy atom. The van der Waals surface area contributed by atoms with Crippen molar-refractivity contribution in [3.63, 3.8) is 0 Å². The van der Waals surface area contributed by atoms with E-state index in [1.807, 2.05) is 25.1 Å². The summed E-state index contributed by atoms with van der Waals surface area (Å²) in [7, 11) is 0. The zero-order chi connectivity index (χ0) is 15.9. The maximum atomic E-state index is 12.1. The van der Waals surface area contributed by atoms with Crippen LogP contribution in [-0.2, 0) is 0 Å². The molecule has 0 aliphatic heterocycles. The van der Waals surface area contributed by atoms with Crippen molar-refractivity contribution in [3.05, 3.63) is 64.1 Å². The molecule has 0 fully saturated rings. The SMILES string of the molecule is CCCOc1ccc(Br)cc1/C=C/C(=O)c1cccc(O)c1. The van der Waals surface area contributed by atoms with E-state index in [2.05, 4.69) is 15.9 Å². The van der Waals surface area contributed by atoms with E-state index in [-0.39, 0.29) is 11.5 Å². The van der Waals surface area contributed by atoms with Crippen LogP contribution in [0.5, 0.6) is 11.5 Å². The molecule has 2 aromatic carbocycles. The number of carbonyl (C=O) groups excluding carboxylic acids is 1. The van der Waals surface area contributed by atoms with Gasteiger partial charge in [0.15, 0.2) is 5.78 Å². The molecule has 0 saturated carbocycles. The molecule has 0 spiro atoms. The lowest BCUT2D eigenvalue weighted by molar-refractivity contribution is 0.104. The lowest BCUT2D eigenvalue weighted by Gasteiger charge is -2.08. The normalized spacial score (nSPS) is 10.8. The Morgan fingerprint density at radius 3 is 2.82 bits per heavy atom. The third-order valence-corrected chi connectivity index (χ3v) is 3.47. The van der Waals surface area contributed by atoms with Crippen molar-refractivity contribution in [2.24, 2.45) is 0 Å². The number of aromatic hydroxyl groups is 1. The van der Waals surface area contributed by atoms with E-state index in [4.69, 9.17) is 4.74 Å². The van der Waals surface area contributed by atoms with Gasteiger partial charge < -0.3 is 9.84 Å². The zero-order valence-electron chi connectivity index (χ0n) is 12.3. The molecule has 0 saturated heterocycles. The van der Waals surface area contributed by atoms with E-state index >= 15 is 0 Å². The fourth-order valence-corrected chi connectivity index (χ4v) is 2.29. The van der Waals surface area contributed by atoms with Gasteiger partial charge in [-0.3, -0.25) is 4.79 Å². The number of ketones is 1. The first-order chi connectivity index (χ1) is 10.6. The summed E-state index contributed by atoms with van der Waals surface area (Å²) >= 11 is 3.42. The van der Waals surface area contributed by atoms with E-state index < -0.39 is 0 Å². The summed E-state index contributed by atoms with van der Waals surface area (Å²) in [4.78, 5) is 12.1. The Morgan fingerprint density at radius 1 is 1.27 bits per heavy atom. The summed E-state index contributed by atoms with van der Waals surface area (Å²) in [6.45, 7) is 2.67. The van der Waals surface area contributed by atoms with E-state index in [0.29, 0.717) is 12.2 Å². The Labute approximate surface area is 138 Å². The van der Waals surface area contributed by atoms with Crippen molar-refractivity contribution < 1.29 is 14.6 Å². The highest BCUT2D eigenvalue weighted by Crippen LogP contribution is 2.25. The highest BCUT2D eigenvalue weighted by Gasteiger charge is 2.05. The van der Waals surface area contributed by atoms with Crippen molar-refractivity contribution >= 4 is 27.8 Å². The maximum Gasteiger partial charge on any atom is 0.185 e. The minimum absolute atomic E-state index is 0.0775. The van der Waals surface area contributed by atoms with Crippen LogP contribution in [0, 0.1) is 0 Å². The number of phenols is 1. The van der Waals surface area contributed by atoms with Crippen molar-refractivity contribution in [2.75, 3.05) is 6.61 Å². The number of ether oxygens (including phenoxy) is 1. The molecule has 0 radical (unpaired) electrons. The fourth-order valence-electron chi connectivity index (χ4n) is 1.91. The average molecular weight is 361 g/mol. The van der Waals surface area contributed by atoms with Gasteiger partial charge in [-0.15, -0.1) is 0 Å². The Balaban J connectivity index is 2.21. The molecule has 1 N–H and O–H groups in total. The van der Waals surface area contributed by atoms with Crippen LogP contribution < -0.4 is 4.74 Å². The molecule has 0 unspecified atom stereocenters. The van der Waals surface area contributed by atoms with Gasteiger partial charge in [0.1, 0.15) is 11.5 Å². The molecule has 0 aliphatic rings. The second-order valence-corrected chi connectivity index (χ2v) is 5.69. The van der Waals surface area contributed by atoms with Gasteiger partial charge >= 0.3 is 0 Å². The molecule has 0 bridgehead atoms. The molecule has 0 atom stereocenters. The third-order valence-electron chi connectivity index (χ3n) is 2.98. The topological polar surface area (TPSA) is 46.5 Å². The van der Waals surface area contributed by atoms with Gasteiger partial charge in [0.05, 0.1) is 6.61 Å². The second kappa shape index (κ2) is 7.80. The van der Waals surface area contributed by atoms with Crippen molar-refractivity contribution in [2.45, 2.75) is 13.3 Å². The minimum atomic E-state index is -0.169. The zero-order valence-corrected chi connectivity index (χ0v) is 13.8. The molecule has 114 valence electrons. The first-order valence-electron chi connectivity index (χ1n) is 7.04. The number of halogens is 1. The molecule has 22 heavy (non-hydrogen) atoms. The number of benzene rings is 2. The van der Waals surface area contributed by atoms with Crippen LogP contribution >= 0.6 is 15.9 Å². The molecule has 2 rings (SSSR count). The predicted molar refractivity (Wildman–Crippen MR) is 91.4 cm³/mol. The summed E-state index contributed by atoms with van der Waals surface area (Å²) in [5.41, 5.74) is 1.28. The smallest absolute Gasteiger partial charge is 0.185 e. The van der Waals surface area contributed by atoms with Gasteiger partial charge in [0.25, 0.3) is 0 Å². The first kappa shape index (κ1) is 16.3. The molecule has 0 heterocycles. The average Bonchev–Trinajstić information content (AvgIpc) is 2.51. The van der Waals surface area contributed by atoms with Crippen LogP contribution in [0.4, 0.5) is 0 Å². The number of rotatable bonds is 6. The van der Waals surface area contributed by atoms with Crippen LogP contribution in [0.1, 0.15) is 29.3 Å². The Hall–Kier alpha value is -2.07. The quantitative estimate of drug-likeness (QED) is 0.592. The van der Waals surface area contributed by atoms with Gasteiger partial charge in [0.2, 0.25) is 0 Å². The molecular weight excluding hydrogens is 344 g/mol. The lowest BCUT2D eigenvalue weighted by atomic mass is 10.1. The monoisotopic (exact) mass is 360 g/mol. The van der Waals surface area contributed by atoms with E-state index in [1.165, 1.54) is 18.2 Å². The third kappa shape index (κ3) is 4.46. The van der Waals surface area contributed by atoms with Crippen LogP contribution in [0.3, 0.4) is 0 Å². The summed E-state index contributed by atoms with van der Waals surface area (Å²) in [5.74, 6) is 0.649. The lowest BCUT2D eigenvalue weighted by Crippen LogP contribution is -1.97. The highest BCUT2D eigenvalue weighted by atomic mass is 79.9. The molecule has 2 aromatic rings. The van der Waals surface area contributed by atoms with Crippen LogP contribution in [0.15, 0.2) is 53.0 Å². The van der Waals surface area contributed by atoms with E-state index in [1.54, 1.807) is 18.2 Å². The van der Waals surface area contributed by atoms with Gasteiger partial charge in [-0.25, -0.2) is 0 Å². The predicted octanol–water partition coefficient (Wildman–Crippen LogP) is 4.84. The Kier molecular flexibility index (Phi) is 5.78. The summed E-state index contributed by atoms with van der Waals surface area (Å²) in [6, 6.07) is 12.0. The van der Waals surface area contributed by atoms with Crippen molar-refractivity contribution in [1.82, 2.24) is 0 Å². The molecule has 3 nitrogen and oxygen atoms in total. The van der Waals surface area contributed by atoms with Crippen molar-refractivity contribution in [3.8, 4) is 11.5 Å². The number of carbonyl (C=O) groups is 1. The molecular formula is C18H17BrO3. The number of hydrogen-bond acceptors (Lipinski definition) is 3. The first-order valence-corrected chi connectivity index (χ1v) is 7.83. The summed E-state index contributed by atoms with van der Waals surface area (Å²) < 4.78 is 6.59. The van der Waals surface area contributed by atoms with Gasteiger partial charge in [-0.05, 0) is 48.9 Å². The summed E-state index contributed by atoms with van der Waals surface area (Å²) in [6.07, 6.45) is 4.12. The van der Waals surface area contributed by atoms with Crippen LogP contribution in [-0.4, -0.2) is 17.5 Å². The number of allylic oxidation sites excluding steroid dienone is 1. The van der Waals surface area contributed by atoms with Crippen LogP contribution in [0.2, 0.25) is 0 Å². The number of phenolic OH excluding ortho intramolecular Hbond substituents is 1. The standard InChI is InChI=1S/C18H17BrO3/c1-2-10-22-18-9-7-15(19)11-14(18)6-8-17(21)13-4-3-5-16(20)12-13/h3-9,11-12,20H,2,10H2,1H3/b8-6+. The molecule has 0 aromatic heterocycles.